The van der Waals surface area contributed by atoms with E-state index < -0.39 is 10.0 Å². The Morgan fingerprint density at radius 3 is 1.95 bits per heavy atom. The molecule has 0 spiro atoms. The lowest BCUT2D eigenvalue weighted by Gasteiger charge is -2.34. The van der Waals surface area contributed by atoms with Crippen LogP contribution in [0.5, 0.6) is 0 Å². The molecule has 0 bridgehead atoms. The van der Waals surface area contributed by atoms with Crippen molar-refractivity contribution in [3.05, 3.63) is 137 Å². The van der Waals surface area contributed by atoms with Gasteiger partial charge < -0.3 is 5.32 Å². The number of amides is 1. The molecule has 1 aliphatic rings. The van der Waals surface area contributed by atoms with E-state index in [0.717, 1.165) is 22.3 Å². The Morgan fingerprint density at radius 1 is 0.769 bits per heavy atom. The van der Waals surface area contributed by atoms with Gasteiger partial charge in [0.15, 0.2) is 0 Å². The van der Waals surface area contributed by atoms with Crippen molar-refractivity contribution in [2.45, 2.75) is 24.4 Å². The number of nitrogens with one attached hydrogen (secondary N) is 1. The maximum atomic E-state index is 13.4. The van der Waals surface area contributed by atoms with E-state index in [4.69, 9.17) is 0 Å². The highest BCUT2D eigenvalue weighted by molar-refractivity contribution is 7.89. The first kappa shape index (κ1) is 26.8. The third-order valence-corrected chi connectivity index (χ3v) is 9.04. The molecule has 1 heterocycles. The molecule has 0 aromatic heterocycles. The van der Waals surface area contributed by atoms with E-state index in [1.54, 1.807) is 16.4 Å². The summed E-state index contributed by atoms with van der Waals surface area (Å²) in [7, 11) is -3.50. The van der Waals surface area contributed by atoms with Crippen LogP contribution in [0.1, 0.15) is 38.7 Å². The summed E-state index contributed by atoms with van der Waals surface area (Å²) in [6.07, 6.45) is 0. The van der Waals surface area contributed by atoms with Crippen molar-refractivity contribution in [1.29, 1.82) is 0 Å². The van der Waals surface area contributed by atoms with E-state index in [1.165, 1.54) is 0 Å². The maximum Gasteiger partial charge on any atom is 0.252 e. The first-order valence-corrected chi connectivity index (χ1v) is 14.6. The smallest absolute Gasteiger partial charge is 0.252 e. The number of carbonyl (C=O) groups excluding carboxylic acids is 1. The molecule has 1 fully saturated rings. The topological polar surface area (TPSA) is 69.7 Å². The third kappa shape index (κ3) is 6.45. The molecule has 0 atom stereocenters. The lowest BCUT2D eigenvalue weighted by Crippen LogP contribution is -2.48. The van der Waals surface area contributed by atoms with Gasteiger partial charge in [-0.15, -0.1) is 0 Å². The Morgan fingerprint density at radius 2 is 1.36 bits per heavy atom. The van der Waals surface area contributed by atoms with Gasteiger partial charge in [-0.3, -0.25) is 9.69 Å². The largest absolute Gasteiger partial charge is 0.341 e. The minimum atomic E-state index is -3.50. The number of benzene rings is 4. The van der Waals surface area contributed by atoms with Crippen LogP contribution >= 0.6 is 0 Å². The molecule has 200 valence electrons. The predicted octanol–water partition coefficient (Wildman–Crippen LogP) is 5.02. The summed E-state index contributed by atoms with van der Waals surface area (Å²) >= 11 is 0. The Labute approximate surface area is 231 Å². The number of sulfonamides is 1. The van der Waals surface area contributed by atoms with Gasteiger partial charge in [-0.05, 0) is 47.9 Å². The van der Waals surface area contributed by atoms with Gasteiger partial charge in [-0.2, -0.15) is 4.31 Å². The Bertz CT molecular complexity index is 1460. The van der Waals surface area contributed by atoms with Gasteiger partial charge >= 0.3 is 0 Å². The number of carbonyl (C=O) groups is 1. The Hall–Kier alpha value is -3.78. The van der Waals surface area contributed by atoms with Crippen LogP contribution < -0.4 is 5.32 Å². The first-order chi connectivity index (χ1) is 18.9. The number of hydrogen-bond acceptors (Lipinski definition) is 4. The predicted molar refractivity (Wildman–Crippen MR) is 154 cm³/mol. The normalized spacial score (nSPS) is 14.8. The van der Waals surface area contributed by atoms with Crippen LogP contribution in [0.3, 0.4) is 0 Å². The first-order valence-electron chi connectivity index (χ1n) is 13.2. The van der Waals surface area contributed by atoms with Gasteiger partial charge in [0.05, 0.1) is 10.9 Å². The Balaban J connectivity index is 1.23. The molecule has 4 aromatic carbocycles. The van der Waals surface area contributed by atoms with Crippen molar-refractivity contribution in [1.82, 2.24) is 14.5 Å². The summed E-state index contributed by atoms with van der Waals surface area (Å²) < 4.78 is 27.6. The standard InChI is InChI=1S/C32H33N3O3S/c1-25-15-17-30(18-16-25)39(37,38)35-21-19-34(20-22-35)24-26-9-8-14-29(23-26)32(36)33-31(27-10-4-2-5-11-27)28-12-6-3-7-13-28/h2-18,23,31H,19-22,24H2,1H3,(H,33,36). The van der Waals surface area contributed by atoms with E-state index in [-0.39, 0.29) is 11.9 Å². The van der Waals surface area contributed by atoms with E-state index in [9.17, 15) is 13.2 Å². The molecule has 39 heavy (non-hydrogen) atoms. The molecule has 0 saturated carbocycles. The van der Waals surface area contributed by atoms with E-state index in [1.807, 2.05) is 104 Å². The molecule has 5 rings (SSSR count). The third-order valence-electron chi connectivity index (χ3n) is 7.13. The molecular weight excluding hydrogens is 506 g/mol. The number of rotatable bonds is 8. The van der Waals surface area contributed by atoms with Crippen LogP contribution in [0.2, 0.25) is 0 Å². The second-order valence-corrected chi connectivity index (χ2v) is 11.9. The number of hydrogen-bond donors (Lipinski definition) is 1. The lowest BCUT2D eigenvalue weighted by molar-refractivity contribution is 0.0942. The van der Waals surface area contributed by atoms with E-state index in [2.05, 4.69) is 10.2 Å². The lowest BCUT2D eigenvalue weighted by atomic mass is 9.98. The summed E-state index contributed by atoms with van der Waals surface area (Å²) in [5, 5.41) is 3.21. The highest BCUT2D eigenvalue weighted by Crippen LogP contribution is 2.23. The van der Waals surface area contributed by atoms with Crippen molar-refractivity contribution >= 4 is 15.9 Å². The molecule has 1 N–H and O–H groups in total. The average molecular weight is 540 g/mol. The minimum absolute atomic E-state index is 0.136. The molecule has 0 aliphatic carbocycles. The number of nitrogens with zero attached hydrogens (tertiary/aromatic N) is 2. The SMILES string of the molecule is Cc1ccc(S(=O)(=O)N2CCN(Cc3cccc(C(=O)NC(c4ccccc4)c4ccccc4)c3)CC2)cc1. The highest BCUT2D eigenvalue weighted by atomic mass is 32.2. The van der Waals surface area contributed by atoms with E-state index in [0.29, 0.717) is 43.2 Å². The fraction of sp³-hybridized carbons (Fsp3) is 0.219. The fourth-order valence-electron chi connectivity index (χ4n) is 4.92. The summed E-state index contributed by atoms with van der Waals surface area (Å²) in [5.41, 5.74) is 4.70. The maximum absolute atomic E-state index is 13.4. The molecule has 1 amide bonds. The second-order valence-electron chi connectivity index (χ2n) is 9.92. The van der Waals surface area contributed by atoms with Crippen molar-refractivity contribution in [2.24, 2.45) is 0 Å². The van der Waals surface area contributed by atoms with Crippen LogP contribution in [0.15, 0.2) is 114 Å². The quantitative estimate of drug-likeness (QED) is 0.341. The molecule has 4 aromatic rings. The van der Waals surface area contributed by atoms with Gasteiger partial charge in [0.2, 0.25) is 10.0 Å². The van der Waals surface area contributed by atoms with Gasteiger partial charge in [0, 0.05) is 38.3 Å². The monoisotopic (exact) mass is 539 g/mol. The Kier molecular flexibility index (Phi) is 8.21. The fourth-order valence-corrected chi connectivity index (χ4v) is 6.34. The average Bonchev–Trinajstić information content (AvgIpc) is 2.97. The molecule has 0 radical (unpaired) electrons. The molecule has 1 aliphatic heterocycles. The molecule has 6 nitrogen and oxygen atoms in total. The van der Waals surface area contributed by atoms with Crippen LogP contribution in [0.25, 0.3) is 0 Å². The van der Waals surface area contributed by atoms with Crippen molar-refractivity contribution in [2.75, 3.05) is 26.2 Å². The van der Waals surface area contributed by atoms with Gasteiger partial charge in [0.25, 0.3) is 5.91 Å². The second kappa shape index (κ2) is 11.9. The zero-order valence-corrected chi connectivity index (χ0v) is 22.8. The van der Waals surface area contributed by atoms with Gasteiger partial charge in [-0.1, -0.05) is 90.5 Å². The molecule has 1 saturated heterocycles. The summed E-state index contributed by atoms with van der Waals surface area (Å²) in [5.74, 6) is -0.136. The number of piperazine rings is 1. The summed E-state index contributed by atoms with van der Waals surface area (Å²) in [6.45, 7) is 4.73. The summed E-state index contributed by atoms with van der Waals surface area (Å²) in [6, 6.07) is 34.3. The minimum Gasteiger partial charge on any atom is -0.341 e. The zero-order valence-electron chi connectivity index (χ0n) is 22.0. The number of aryl methyl sites for hydroxylation is 1. The summed E-state index contributed by atoms with van der Waals surface area (Å²) in [4.78, 5) is 15.9. The van der Waals surface area contributed by atoms with E-state index >= 15 is 0 Å². The van der Waals surface area contributed by atoms with Gasteiger partial charge in [-0.25, -0.2) is 8.42 Å². The van der Waals surface area contributed by atoms with Crippen LogP contribution in [0.4, 0.5) is 0 Å². The van der Waals surface area contributed by atoms with Crippen LogP contribution in [-0.4, -0.2) is 49.7 Å². The van der Waals surface area contributed by atoms with Crippen LogP contribution in [-0.2, 0) is 16.6 Å². The van der Waals surface area contributed by atoms with Crippen molar-refractivity contribution < 1.29 is 13.2 Å². The van der Waals surface area contributed by atoms with Crippen LogP contribution in [0, 0.1) is 6.92 Å². The van der Waals surface area contributed by atoms with Crippen molar-refractivity contribution in [3.8, 4) is 0 Å². The molecule has 7 heteroatoms. The molecule has 0 unspecified atom stereocenters. The zero-order chi connectivity index (χ0) is 27.2. The molecular formula is C32H33N3O3S. The highest BCUT2D eigenvalue weighted by Gasteiger charge is 2.28. The van der Waals surface area contributed by atoms with Crippen molar-refractivity contribution in [3.63, 3.8) is 0 Å². The van der Waals surface area contributed by atoms with Gasteiger partial charge in [0.1, 0.15) is 0 Å².